The van der Waals surface area contributed by atoms with Gasteiger partial charge in [0.1, 0.15) is 6.33 Å². The van der Waals surface area contributed by atoms with Crippen LogP contribution in [0.5, 0.6) is 0 Å². The van der Waals surface area contributed by atoms with Gasteiger partial charge in [0.15, 0.2) is 11.6 Å². The highest BCUT2D eigenvalue weighted by Gasteiger charge is 2.05. The monoisotopic (exact) mass is 257 g/mol. The molecule has 1 N–H and O–H groups in total. The third kappa shape index (κ3) is 5.35. The van der Waals surface area contributed by atoms with Crippen LogP contribution in [-0.4, -0.2) is 28.5 Å². The van der Waals surface area contributed by atoms with Crippen LogP contribution in [0.1, 0.15) is 31.4 Å². The maximum atomic E-state index is 13.5. The minimum absolute atomic E-state index is 0.321. The summed E-state index contributed by atoms with van der Waals surface area (Å²) in [4.78, 5) is 7.67. The zero-order valence-corrected chi connectivity index (χ0v) is 11.3. The molecular weight excluding hydrogens is 237 g/mol. The number of nitrogens with zero attached hydrogens (tertiary/aromatic N) is 2. The summed E-state index contributed by atoms with van der Waals surface area (Å²) in [6, 6.07) is 0. The van der Waals surface area contributed by atoms with E-state index in [0.29, 0.717) is 11.5 Å². The van der Waals surface area contributed by atoms with E-state index < -0.39 is 0 Å². The summed E-state index contributed by atoms with van der Waals surface area (Å²) >= 11 is 1.88. The largest absolute Gasteiger partial charge is 0.368 e. The van der Waals surface area contributed by atoms with Gasteiger partial charge < -0.3 is 5.32 Å². The number of unbranched alkanes of at least 4 members (excludes halogenated alkanes) is 3. The Hall–Kier alpha value is -0.840. The Morgan fingerprint density at radius 1 is 1.24 bits per heavy atom. The van der Waals surface area contributed by atoms with Gasteiger partial charge in [-0.15, -0.1) is 0 Å². The van der Waals surface area contributed by atoms with Crippen molar-refractivity contribution in [2.45, 2.75) is 32.6 Å². The molecule has 0 radical (unpaired) electrons. The summed E-state index contributed by atoms with van der Waals surface area (Å²) in [6.45, 7) is 2.41. The first-order valence-corrected chi connectivity index (χ1v) is 7.35. The van der Waals surface area contributed by atoms with Crippen LogP contribution < -0.4 is 5.32 Å². The SMILES string of the molecule is CSCCCCCCNc1ncnc(C)c1F. The second kappa shape index (κ2) is 8.28. The molecule has 5 heteroatoms. The van der Waals surface area contributed by atoms with Gasteiger partial charge in [0, 0.05) is 6.54 Å². The van der Waals surface area contributed by atoms with Gasteiger partial charge in [0.05, 0.1) is 5.69 Å². The Bertz CT molecular complexity index is 334. The lowest BCUT2D eigenvalue weighted by molar-refractivity contribution is 0.602. The summed E-state index contributed by atoms with van der Waals surface area (Å²) in [6.07, 6.45) is 8.26. The molecule has 0 aliphatic heterocycles. The van der Waals surface area contributed by atoms with Gasteiger partial charge in [0.25, 0.3) is 0 Å². The molecule has 0 atom stereocenters. The number of nitrogens with one attached hydrogen (secondary N) is 1. The van der Waals surface area contributed by atoms with Gasteiger partial charge in [-0.3, -0.25) is 0 Å². The van der Waals surface area contributed by atoms with Crippen LogP contribution in [0.4, 0.5) is 10.2 Å². The summed E-state index contributed by atoms with van der Waals surface area (Å²) in [5.74, 6) is 1.21. The van der Waals surface area contributed by atoms with E-state index in [9.17, 15) is 4.39 Å². The van der Waals surface area contributed by atoms with Crippen molar-refractivity contribution in [2.75, 3.05) is 23.9 Å². The van der Waals surface area contributed by atoms with E-state index in [-0.39, 0.29) is 5.82 Å². The number of hydrogen-bond donors (Lipinski definition) is 1. The van der Waals surface area contributed by atoms with Gasteiger partial charge in [-0.2, -0.15) is 11.8 Å². The fourth-order valence-corrected chi connectivity index (χ4v) is 2.01. The van der Waals surface area contributed by atoms with Crippen molar-refractivity contribution in [1.82, 2.24) is 9.97 Å². The molecule has 0 aliphatic carbocycles. The Labute approximate surface area is 107 Å². The lowest BCUT2D eigenvalue weighted by atomic mass is 10.2. The fraction of sp³-hybridized carbons (Fsp3) is 0.667. The van der Waals surface area contributed by atoms with Gasteiger partial charge >= 0.3 is 0 Å². The summed E-state index contributed by atoms with van der Waals surface area (Å²) in [5, 5.41) is 3.01. The van der Waals surface area contributed by atoms with Crippen LogP contribution in [0.15, 0.2) is 6.33 Å². The minimum atomic E-state index is -0.338. The molecule has 0 unspecified atom stereocenters. The molecular formula is C12H20FN3S. The van der Waals surface area contributed by atoms with Crippen LogP contribution in [0, 0.1) is 12.7 Å². The molecule has 0 saturated heterocycles. The molecule has 0 amide bonds. The molecule has 0 spiro atoms. The maximum absolute atomic E-state index is 13.5. The third-order valence-electron chi connectivity index (χ3n) is 2.53. The van der Waals surface area contributed by atoms with Crippen molar-refractivity contribution < 1.29 is 4.39 Å². The molecule has 17 heavy (non-hydrogen) atoms. The van der Waals surface area contributed by atoms with E-state index in [0.717, 1.165) is 13.0 Å². The molecule has 0 bridgehead atoms. The maximum Gasteiger partial charge on any atom is 0.186 e. The average Bonchev–Trinajstić information content (AvgIpc) is 2.33. The van der Waals surface area contributed by atoms with Crippen LogP contribution >= 0.6 is 11.8 Å². The van der Waals surface area contributed by atoms with Gasteiger partial charge in [-0.1, -0.05) is 12.8 Å². The molecule has 0 aromatic carbocycles. The normalized spacial score (nSPS) is 10.5. The lowest BCUT2D eigenvalue weighted by Gasteiger charge is -2.07. The first-order valence-electron chi connectivity index (χ1n) is 5.95. The number of thioether (sulfide) groups is 1. The smallest absolute Gasteiger partial charge is 0.186 e. The molecule has 0 aliphatic rings. The fourth-order valence-electron chi connectivity index (χ4n) is 1.51. The van der Waals surface area contributed by atoms with Crippen LogP contribution in [-0.2, 0) is 0 Å². The van der Waals surface area contributed by atoms with E-state index in [1.165, 1.54) is 31.3 Å². The summed E-state index contributed by atoms with van der Waals surface area (Å²) in [5.41, 5.74) is 0.391. The van der Waals surface area contributed by atoms with Crippen molar-refractivity contribution in [3.63, 3.8) is 0 Å². The highest BCUT2D eigenvalue weighted by atomic mass is 32.2. The predicted molar refractivity (Wildman–Crippen MR) is 72.1 cm³/mol. The van der Waals surface area contributed by atoms with Crippen LogP contribution in [0.3, 0.4) is 0 Å². The third-order valence-corrected chi connectivity index (χ3v) is 3.23. The molecule has 0 saturated carbocycles. The molecule has 1 heterocycles. The number of halogens is 1. The van der Waals surface area contributed by atoms with Crippen molar-refractivity contribution >= 4 is 17.6 Å². The second-order valence-electron chi connectivity index (χ2n) is 3.96. The summed E-state index contributed by atoms with van der Waals surface area (Å²) < 4.78 is 13.5. The molecule has 1 aromatic heterocycles. The number of aryl methyl sites for hydroxylation is 1. The molecule has 3 nitrogen and oxygen atoms in total. The van der Waals surface area contributed by atoms with E-state index in [1.807, 2.05) is 11.8 Å². The Balaban J connectivity index is 2.16. The van der Waals surface area contributed by atoms with Crippen molar-refractivity contribution in [2.24, 2.45) is 0 Å². The van der Waals surface area contributed by atoms with E-state index in [2.05, 4.69) is 21.5 Å². The first kappa shape index (κ1) is 14.2. The topological polar surface area (TPSA) is 37.8 Å². The van der Waals surface area contributed by atoms with Gasteiger partial charge in [-0.25, -0.2) is 14.4 Å². The number of anilines is 1. The van der Waals surface area contributed by atoms with Gasteiger partial charge in [-0.05, 0) is 31.8 Å². The number of rotatable bonds is 8. The Morgan fingerprint density at radius 2 is 2.00 bits per heavy atom. The molecule has 1 rings (SSSR count). The van der Waals surface area contributed by atoms with Crippen LogP contribution in [0.2, 0.25) is 0 Å². The molecule has 0 fully saturated rings. The summed E-state index contributed by atoms with van der Waals surface area (Å²) in [7, 11) is 0. The van der Waals surface area contributed by atoms with Crippen molar-refractivity contribution in [1.29, 1.82) is 0 Å². The van der Waals surface area contributed by atoms with E-state index in [1.54, 1.807) is 6.92 Å². The highest BCUT2D eigenvalue weighted by Crippen LogP contribution is 2.12. The quantitative estimate of drug-likeness (QED) is 0.725. The van der Waals surface area contributed by atoms with Crippen molar-refractivity contribution in [3.05, 3.63) is 17.8 Å². The zero-order chi connectivity index (χ0) is 12.5. The minimum Gasteiger partial charge on any atom is -0.368 e. The van der Waals surface area contributed by atoms with Crippen molar-refractivity contribution in [3.8, 4) is 0 Å². The lowest BCUT2D eigenvalue weighted by Crippen LogP contribution is -2.07. The zero-order valence-electron chi connectivity index (χ0n) is 10.5. The number of hydrogen-bond acceptors (Lipinski definition) is 4. The average molecular weight is 257 g/mol. The Morgan fingerprint density at radius 3 is 2.76 bits per heavy atom. The highest BCUT2D eigenvalue weighted by molar-refractivity contribution is 7.98. The Kier molecular flexibility index (Phi) is 6.93. The van der Waals surface area contributed by atoms with E-state index >= 15 is 0 Å². The molecule has 1 aromatic rings. The molecule has 96 valence electrons. The van der Waals surface area contributed by atoms with Gasteiger partial charge in [0.2, 0.25) is 0 Å². The number of aromatic nitrogens is 2. The second-order valence-corrected chi connectivity index (χ2v) is 4.94. The van der Waals surface area contributed by atoms with Crippen LogP contribution in [0.25, 0.3) is 0 Å². The van der Waals surface area contributed by atoms with E-state index in [4.69, 9.17) is 0 Å². The first-order chi connectivity index (χ1) is 8.25. The predicted octanol–water partition coefficient (Wildman–Crippen LogP) is 3.26. The standard InChI is InChI=1S/C12H20FN3S/c1-10-11(13)12(16-9-15-10)14-7-5-3-4-6-8-17-2/h9H,3-8H2,1-2H3,(H,14,15,16).